The lowest BCUT2D eigenvalue weighted by atomic mass is 10.0. The molecule has 0 saturated carbocycles. The van der Waals surface area contributed by atoms with E-state index >= 15 is 0 Å². The fraction of sp³-hybridized carbons (Fsp3) is 0.364. The van der Waals surface area contributed by atoms with Crippen LogP contribution in [0.1, 0.15) is 18.6 Å². The van der Waals surface area contributed by atoms with Gasteiger partial charge >= 0.3 is 0 Å². The average molecular weight is 263 g/mol. The van der Waals surface area contributed by atoms with E-state index in [0.29, 0.717) is 6.07 Å². The maximum absolute atomic E-state index is 13.3. The average Bonchev–Trinajstić information content (AvgIpc) is 2.32. The van der Waals surface area contributed by atoms with Gasteiger partial charge in [0.15, 0.2) is 17.5 Å². The van der Waals surface area contributed by atoms with Gasteiger partial charge < -0.3 is 15.5 Å². The second kappa shape index (κ2) is 5.83. The molecule has 4 nitrogen and oxygen atoms in total. The number of rotatable bonds is 4. The number of amides is 1. The molecule has 0 saturated heterocycles. The summed E-state index contributed by atoms with van der Waals surface area (Å²) in [5, 5.41) is 21.2. The molecule has 7 heteroatoms. The minimum atomic E-state index is -1.77. The summed E-state index contributed by atoms with van der Waals surface area (Å²) in [6, 6.07) is 1.47. The smallest absolute Gasteiger partial charge is 0.216 e. The monoisotopic (exact) mass is 263 g/mol. The highest BCUT2D eigenvalue weighted by Gasteiger charge is 2.24. The number of benzene rings is 1. The molecule has 0 radical (unpaired) electrons. The van der Waals surface area contributed by atoms with Crippen LogP contribution in [-0.4, -0.2) is 28.8 Å². The highest BCUT2D eigenvalue weighted by atomic mass is 19.2. The molecule has 0 bridgehead atoms. The molecule has 0 aromatic heterocycles. The number of halogens is 3. The van der Waals surface area contributed by atoms with Gasteiger partial charge in [-0.25, -0.2) is 13.2 Å². The minimum Gasteiger partial charge on any atom is -0.388 e. The summed E-state index contributed by atoms with van der Waals surface area (Å²) in [6.07, 6.45) is -3.31. The third-order valence-corrected chi connectivity index (χ3v) is 2.31. The largest absolute Gasteiger partial charge is 0.388 e. The van der Waals surface area contributed by atoms with E-state index in [1.165, 1.54) is 6.92 Å². The molecule has 0 aliphatic rings. The number of hydrogen-bond donors (Lipinski definition) is 3. The minimum absolute atomic E-state index is 0.338. The van der Waals surface area contributed by atoms with Crippen LogP contribution in [0.4, 0.5) is 13.2 Å². The highest BCUT2D eigenvalue weighted by Crippen LogP contribution is 2.23. The Kier molecular flexibility index (Phi) is 4.69. The zero-order valence-electron chi connectivity index (χ0n) is 9.45. The van der Waals surface area contributed by atoms with Crippen LogP contribution in [0.15, 0.2) is 12.1 Å². The van der Waals surface area contributed by atoms with Crippen molar-refractivity contribution in [3.63, 3.8) is 0 Å². The molecular weight excluding hydrogens is 251 g/mol. The molecule has 1 amide bonds. The summed E-state index contributed by atoms with van der Waals surface area (Å²) in [7, 11) is 0. The number of carbonyl (C=O) groups excluding carboxylic acids is 1. The molecule has 0 aliphatic heterocycles. The zero-order valence-corrected chi connectivity index (χ0v) is 9.45. The second-order valence-electron chi connectivity index (χ2n) is 3.71. The van der Waals surface area contributed by atoms with Crippen LogP contribution in [0.25, 0.3) is 0 Å². The lowest BCUT2D eigenvalue weighted by molar-refractivity contribution is -0.119. The van der Waals surface area contributed by atoms with Gasteiger partial charge in [0.25, 0.3) is 0 Å². The lowest BCUT2D eigenvalue weighted by Crippen LogP contribution is -2.34. The Labute approximate surface area is 101 Å². The SMILES string of the molecule is CC(=O)NCC(O)C(O)c1ccc(F)c(F)c1F. The molecule has 1 aromatic carbocycles. The molecular formula is C11H12F3NO3. The topological polar surface area (TPSA) is 69.6 Å². The van der Waals surface area contributed by atoms with Crippen LogP contribution in [0.2, 0.25) is 0 Å². The molecule has 0 spiro atoms. The predicted molar refractivity (Wildman–Crippen MR) is 56.0 cm³/mol. The Hall–Kier alpha value is -1.60. The van der Waals surface area contributed by atoms with Gasteiger partial charge in [-0.2, -0.15) is 0 Å². The van der Waals surface area contributed by atoms with Crippen LogP contribution in [0, 0.1) is 17.5 Å². The summed E-state index contributed by atoms with van der Waals surface area (Å²) < 4.78 is 38.9. The Morgan fingerprint density at radius 1 is 1.28 bits per heavy atom. The van der Waals surface area contributed by atoms with Crippen molar-refractivity contribution in [1.29, 1.82) is 0 Å². The van der Waals surface area contributed by atoms with Crippen molar-refractivity contribution in [2.45, 2.75) is 19.1 Å². The van der Waals surface area contributed by atoms with Gasteiger partial charge in [-0.15, -0.1) is 0 Å². The lowest BCUT2D eigenvalue weighted by Gasteiger charge is -2.19. The van der Waals surface area contributed by atoms with E-state index in [4.69, 9.17) is 0 Å². The van der Waals surface area contributed by atoms with E-state index in [0.717, 1.165) is 6.07 Å². The van der Waals surface area contributed by atoms with Gasteiger partial charge in [0, 0.05) is 19.0 Å². The Morgan fingerprint density at radius 2 is 1.89 bits per heavy atom. The summed E-state index contributed by atoms with van der Waals surface area (Å²) in [5.74, 6) is -5.13. The summed E-state index contributed by atoms with van der Waals surface area (Å²) in [6.45, 7) is 0.853. The van der Waals surface area contributed by atoms with Gasteiger partial charge in [0.1, 0.15) is 12.2 Å². The molecule has 2 atom stereocenters. The molecule has 3 N–H and O–H groups in total. The molecule has 1 aromatic rings. The first-order valence-electron chi connectivity index (χ1n) is 5.08. The van der Waals surface area contributed by atoms with Gasteiger partial charge in [-0.1, -0.05) is 6.07 Å². The summed E-state index contributed by atoms with van der Waals surface area (Å²) >= 11 is 0. The summed E-state index contributed by atoms with van der Waals surface area (Å²) in [5.41, 5.74) is -0.577. The Balaban J connectivity index is 2.86. The van der Waals surface area contributed by atoms with Gasteiger partial charge in [0.2, 0.25) is 5.91 Å². The van der Waals surface area contributed by atoms with Crippen molar-refractivity contribution in [3.8, 4) is 0 Å². The van der Waals surface area contributed by atoms with Crippen LogP contribution in [0.5, 0.6) is 0 Å². The van der Waals surface area contributed by atoms with E-state index in [2.05, 4.69) is 5.32 Å². The fourth-order valence-electron chi connectivity index (χ4n) is 1.34. The highest BCUT2D eigenvalue weighted by molar-refractivity contribution is 5.72. The third-order valence-electron chi connectivity index (χ3n) is 2.31. The molecule has 1 rings (SSSR count). The van der Waals surface area contributed by atoms with Gasteiger partial charge in [-0.05, 0) is 6.07 Å². The number of aliphatic hydroxyl groups excluding tert-OH is 2. The van der Waals surface area contributed by atoms with Crippen LogP contribution >= 0.6 is 0 Å². The second-order valence-corrected chi connectivity index (χ2v) is 3.71. The van der Waals surface area contributed by atoms with Gasteiger partial charge in [-0.3, -0.25) is 4.79 Å². The molecule has 2 unspecified atom stereocenters. The van der Waals surface area contributed by atoms with Crippen LogP contribution in [-0.2, 0) is 4.79 Å². The number of aliphatic hydroxyl groups is 2. The van der Waals surface area contributed by atoms with Crippen LogP contribution in [0.3, 0.4) is 0 Å². The van der Waals surface area contributed by atoms with E-state index < -0.39 is 41.1 Å². The van der Waals surface area contributed by atoms with E-state index in [9.17, 15) is 28.2 Å². The van der Waals surface area contributed by atoms with E-state index in [1.807, 2.05) is 0 Å². The van der Waals surface area contributed by atoms with Gasteiger partial charge in [0.05, 0.1) is 0 Å². The number of nitrogens with one attached hydrogen (secondary N) is 1. The first-order chi connectivity index (χ1) is 8.34. The maximum Gasteiger partial charge on any atom is 0.216 e. The van der Waals surface area contributed by atoms with E-state index in [1.54, 1.807) is 0 Å². The third kappa shape index (κ3) is 3.21. The van der Waals surface area contributed by atoms with Crippen molar-refractivity contribution >= 4 is 5.91 Å². The zero-order chi connectivity index (χ0) is 13.9. The molecule has 0 fully saturated rings. The fourth-order valence-corrected chi connectivity index (χ4v) is 1.34. The molecule has 0 aliphatic carbocycles. The quantitative estimate of drug-likeness (QED) is 0.698. The van der Waals surface area contributed by atoms with Crippen molar-refractivity contribution in [3.05, 3.63) is 35.1 Å². The predicted octanol–water partition coefficient (Wildman–Crippen LogP) is 0.634. The van der Waals surface area contributed by atoms with Crippen molar-refractivity contribution in [1.82, 2.24) is 5.32 Å². The maximum atomic E-state index is 13.3. The van der Waals surface area contributed by atoms with E-state index in [-0.39, 0.29) is 6.54 Å². The molecule has 0 heterocycles. The summed E-state index contributed by atoms with van der Waals surface area (Å²) in [4.78, 5) is 10.6. The normalized spacial score (nSPS) is 14.1. The molecule has 18 heavy (non-hydrogen) atoms. The standard InChI is InChI=1S/C11H12F3NO3/c1-5(16)15-4-8(17)11(18)6-2-3-7(12)10(14)9(6)13/h2-3,8,11,17-18H,4H2,1H3,(H,15,16). The Morgan fingerprint density at radius 3 is 2.44 bits per heavy atom. The number of hydrogen-bond acceptors (Lipinski definition) is 3. The first-order valence-corrected chi connectivity index (χ1v) is 5.08. The first kappa shape index (κ1) is 14.5. The van der Waals surface area contributed by atoms with Crippen molar-refractivity contribution < 1.29 is 28.2 Å². The van der Waals surface area contributed by atoms with Crippen molar-refractivity contribution in [2.75, 3.05) is 6.54 Å². The van der Waals surface area contributed by atoms with Crippen LogP contribution < -0.4 is 5.32 Å². The van der Waals surface area contributed by atoms with Crippen molar-refractivity contribution in [2.24, 2.45) is 0 Å². The number of carbonyl (C=O) groups is 1. The Bertz CT molecular complexity index is 453. The molecule has 100 valence electrons.